The molecule has 2 aromatic carbocycles. The van der Waals surface area contributed by atoms with Crippen LogP contribution in [0.5, 0.6) is 0 Å². The number of aromatic nitrogens is 6. The molecule has 0 atom stereocenters. The third kappa shape index (κ3) is 5.36. The van der Waals surface area contributed by atoms with E-state index in [4.69, 9.17) is 23.2 Å². The summed E-state index contributed by atoms with van der Waals surface area (Å²) in [7, 11) is 0. The first-order valence-electron chi connectivity index (χ1n) is 14.5. The monoisotopic (exact) mass is 644 g/mol. The maximum Gasteiger partial charge on any atom is 0.259 e. The lowest BCUT2D eigenvalue weighted by atomic mass is 10.1. The van der Waals surface area contributed by atoms with Gasteiger partial charge in [0.15, 0.2) is 5.82 Å². The molecule has 0 radical (unpaired) electrons. The minimum atomic E-state index is -0.740. The van der Waals surface area contributed by atoms with Crippen molar-refractivity contribution in [1.29, 1.82) is 0 Å². The minimum absolute atomic E-state index is 0.0699. The Bertz CT molecular complexity index is 1960. The summed E-state index contributed by atoms with van der Waals surface area (Å²) in [5.41, 5.74) is 3.27. The van der Waals surface area contributed by atoms with Crippen LogP contribution < -0.4 is 5.32 Å². The largest absolute Gasteiger partial charge is 0.328 e. The third-order valence-electron chi connectivity index (χ3n) is 8.05. The van der Waals surface area contributed by atoms with E-state index in [0.29, 0.717) is 22.8 Å². The van der Waals surface area contributed by atoms with Gasteiger partial charge in [-0.1, -0.05) is 35.3 Å². The summed E-state index contributed by atoms with van der Waals surface area (Å²) in [5.74, 6) is -0.724. The molecule has 0 spiro atoms. The Morgan fingerprint density at radius 3 is 2.51 bits per heavy atom. The first kappa shape index (κ1) is 29.1. The number of carbonyl (C=O) groups is 2. The molecule has 1 N–H and O–H groups in total. The van der Waals surface area contributed by atoms with Gasteiger partial charge in [0.25, 0.3) is 11.8 Å². The number of anilines is 1. The summed E-state index contributed by atoms with van der Waals surface area (Å²) in [6.07, 6.45) is 5.29. The number of imidazole rings is 1. The zero-order valence-corrected chi connectivity index (χ0v) is 25.8. The van der Waals surface area contributed by atoms with Crippen LogP contribution >= 0.6 is 23.2 Å². The molecule has 2 amide bonds. The quantitative estimate of drug-likeness (QED) is 0.217. The van der Waals surface area contributed by atoms with Gasteiger partial charge in [-0.2, -0.15) is 0 Å². The maximum atomic E-state index is 15.7. The Balaban J connectivity index is 1.25. The molecule has 1 saturated carbocycles. The predicted octanol–water partition coefficient (Wildman–Crippen LogP) is 6.84. The zero-order chi connectivity index (χ0) is 31.4. The lowest BCUT2D eigenvalue weighted by Crippen LogP contribution is -2.30. The number of fused-ring (bicyclic) bond motifs is 3. The fourth-order valence-electron chi connectivity index (χ4n) is 5.64. The third-order valence-corrected chi connectivity index (χ3v) is 8.68. The summed E-state index contributed by atoms with van der Waals surface area (Å²) in [4.78, 5) is 38.1. The van der Waals surface area contributed by atoms with E-state index in [0.717, 1.165) is 24.2 Å². The highest BCUT2D eigenvalue weighted by atomic mass is 35.5. The fraction of sp³-hybridized carbons (Fsp3) is 0.250. The van der Waals surface area contributed by atoms with Gasteiger partial charge in [-0.05, 0) is 68.7 Å². The topological polar surface area (TPSA) is 111 Å². The van der Waals surface area contributed by atoms with Crippen molar-refractivity contribution < 1.29 is 14.0 Å². The van der Waals surface area contributed by atoms with Gasteiger partial charge in [0.2, 0.25) is 0 Å². The number of amides is 2. The first-order valence-corrected chi connectivity index (χ1v) is 15.3. The van der Waals surface area contributed by atoms with Crippen molar-refractivity contribution in [2.45, 2.75) is 51.7 Å². The average Bonchev–Trinajstić information content (AvgIpc) is 3.61. The predicted molar refractivity (Wildman–Crippen MR) is 167 cm³/mol. The summed E-state index contributed by atoms with van der Waals surface area (Å²) in [6.45, 7) is 4.28. The number of nitrogens with zero attached hydrogens (tertiary/aromatic N) is 7. The van der Waals surface area contributed by atoms with Gasteiger partial charge < -0.3 is 19.4 Å². The minimum Gasteiger partial charge on any atom is -0.328 e. The van der Waals surface area contributed by atoms with Crippen molar-refractivity contribution in [1.82, 2.24) is 34.2 Å². The highest BCUT2D eigenvalue weighted by Gasteiger charge is 2.35. The maximum absolute atomic E-state index is 15.7. The average molecular weight is 646 g/mol. The first-order chi connectivity index (χ1) is 21.7. The Labute approximate surface area is 267 Å². The second kappa shape index (κ2) is 11.4. The van der Waals surface area contributed by atoms with Gasteiger partial charge in [0.05, 0.1) is 51.1 Å². The molecule has 45 heavy (non-hydrogen) atoms. The van der Waals surface area contributed by atoms with Crippen molar-refractivity contribution >= 4 is 40.8 Å². The molecule has 0 unspecified atom stereocenters. The standard InChI is InChI=1S/C32H27Cl2FN8O2/c1-17(2)42-16-37-40-30(42)24-7-4-8-27(38-24)39-31(44)20-12-25-19(11-23(20)35)13-41(32(45)28-21(33)5-3-6-22(28)34)14-26-29(18-9-10-18)36-15-43(25)26/h3-8,11-12,15-18H,9-10,13-14H2,1-2H3,(H,38,39,44). The van der Waals surface area contributed by atoms with Crippen LogP contribution in [0.3, 0.4) is 0 Å². The van der Waals surface area contributed by atoms with Crippen molar-refractivity contribution in [2.24, 2.45) is 0 Å². The SMILES string of the molecule is CC(C)n1cnnc1-c1cccc(NC(=O)c2cc3c(cc2F)CN(C(=O)c2c(Cl)cccc2Cl)Cc2c(C4CC4)ncn2-3)n1. The van der Waals surface area contributed by atoms with Crippen LogP contribution in [0.2, 0.25) is 10.0 Å². The van der Waals surface area contributed by atoms with Crippen LogP contribution in [0.1, 0.15) is 76.3 Å². The van der Waals surface area contributed by atoms with Gasteiger partial charge in [0.1, 0.15) is 23.7 Å². The summed E-state index contributed by atoms with van der Waals surface area (Å²) in [6, 6.07) is 12.9. The Hall–Kier alpha value is -4.61. The van der Waals surface area contributed by atoms with Gasteiger partial charge in [-0.25, -0.2) is 14.4 Å². The lowest BCUT2D eigenvalue weighted by Gasteiger charge is -2.22. The summed E-state index contributed by atoms with van der Waals surface area (Å²) in [5, 5.41) is 11.3. The molecule has 4 heterocycles. The van der Waals surface area contributed by atoms with Crippen LogP contribution in [-0.2, 0) is 13.1 Å². The molecule has 0 bridgehead atoms. The second-order valence-corrected chi connectivity index (χ2v) is 12.3. The molecule has 0 saturated heterocycles. The normalized spacial score (nSPS) is 14.2. The molecule has 1 aliphatic heterocycles. The van der Waals surface area contributed by atoms with Crippen LogP contribution in [-0.4, -0.2) is 46.0 Å². The van der Waals surface area contributed by atoms with Crippen LogP contribution in [0.15, 0.2) is 61.2 Å². The molecule has 7 rings (SSSR count). The van der Waals surface area contributed by atoms with E-state index < -0.39 is 11.7 Å². The summed E-state index contributed by atoms with van der Waals surface area (Å²) < 4.78 is 19.4. The number of hydrogen-bond acceptors (Lipinski definition) is 6. The molecule has 13 heteroatoms. The van der Waals surface area contributed by atoms with Crippen molar-refractivity contribution in [2.75, 3.05) is 5.32 Å². The highest BCUT2D eigenvalue weighted by molar-refractivity contribution is 6.39. The number of halogens is 3. The van der Waals surface area contributed by atoms with Crippen LogP contribution in [0.4, 0.5) is 10.2 Å². The molecule has 10 nitrogen and oxygen atoms in total. The van der Waals surface area contributed by atoms with Gasteiger partial charge in [-0.15, -0.1) is 10.2 Å². The summed E-state index contributed by atoms with van der Waals surface area (Å²) >= 11 is 12.8. The highest BCUT2D eigenvalue weighted by Crippen LogP contribution is 2.43. The Kier molecular flexibility index (Phi) is 7.37. The molecular formula is C32H27Cl2FN8O2. The van der Waals surface area contributed by atoms with Crippen molar-refractivity contribution in [3.8, 4) is 17.2 Å². The van der Waals surface area contributed by atoms with E-state index in [1.54, 1.807) is 54.0 Å². The molecule has 228 valence electrons. The number of benzene rings is 2. The van der Waals surface area contributed by atoms with Crippen LogP contribution in [0.25, 0.3) is 17.2 Å². The van der Waals surface area contributed by atoms with Gasteiger partial charge in [0, 0.05) is 18.5 Å². The molecule has 1 fully saturated rings. The smallest absolute Gasteiger partial charge is 0.259 e. The molecule has 5 aromatic rings. The van der Waals surface area contributed by atoms with E-state index in [-0.39, 0.29) is 57.9 Å². The van der Waals surface area contributed by atoms with Crippen molar-refractivity contribution in [3.05, 3.63) is 105 Å². The van der Waals surface area contributed by atoms with Crippen LogP contribution in [0, 0.1) is 5.82 Å². The number of rotatable bonds is 6. The zero-order valence-electron chi connectivity index (χ0n) is 24.3. The molecule has 2 aliphatic rings. The fourth-order valence-corrected chi connectivity index (χ4v) is 6.20. The number of pyridine rings is 1. The van der Waals surface area contributed by atoms with E-state index in [1.807, 2.05) is 23.0 Å². The number of hydrogen-bond donors (Lipinski definition) is 1. The Morgan fingerprint density at radius 2 is 1.78 bits per heavy atom. The van der Waals surface area contributed by atoms with E-state index in [9.17, 15) is 9.59 Å². The van der Waals surface area contributed by atoms with E-state index >= 15 is 4.39 Å². The number of nitrogens with one attached hydrogen (secondary N) is 1. The van der Waals surface area contributed by atoms with E-state index in [1.165, 1.54) is 12.1 Å². The lowest BCUT2D eigenvalue weighted by molar-refractivity contribution is 0.0730. The molecule has 1 aliphatic carbocycles. The van der Waals surface area contributed by atoms with Crippen molar-refractivity contribution in [3.63, 3.8) is 0 Å². The van der Waals surface area contributed by atoms with Gasteiger partial charge in [-0.3, -0.25) is 9.59 Å². The van der Waals surface area contributed by atoms with Gasteiger partial charge >= 0.3 is 0 Å². The second-order valence-electron chi connectivity index (χ2n) is 11.5. The molecule has 3 aromatic heterocycles. The Morgan fingerprint density at radius 1 is 1.02 bits per heavy atom. The number of carbonyl (C=O) groups excluding carboxylic acids is 2. The van der Waals surface area contributed by atoms with E-state index in [2.05, 4.69) is 25.5 Å². The molecular weight excluding hydrogens is 618 g/mol.